The van der Waals surface area contributed by atoms with Crippen molar-refractivity contribution in [3.05, 3.63) is 64.7 Å². The Morgan fingerprint density at radius 1 is 1.25 bits per heavy atom. The Kier molecular flexibility index (Phi) is 5.98. The number of benzene rings is 2. The monoisotopic (exact) mass is 345 g/mol. The SMILES string of the molecule is Cc1cc(Cl)ccc1OCC(=O)Nc1cccc(/C=C/C(=O)O)c1. The number of hydrogen-bond acceptors (Lipinski definition) is 3. The number of carbonyl (C=O) groups is 2. The van der Waals surface area contributed by atoms with E-state index in [9.17, 15) is 9.59 Å². The number of ether oxygens (including phenoxy) is 1. The van der Waals surface area contributed by atoms with Crippen molar-refractivity contribution < 1.29 is 19.4 Å². The molecule has 1 amide bonds. The molecule has 0 fully saturated rings. The number of amides is 1. The topological polar surface area (TPSA) is 75.6 Å². The molecular formula is C18H16ClNO4. The van der Waals surface area contributed by atoms with Gasteiger partial charge in [0.1, 0.15) is 5.75 Å². The quantitative estimate of drug-likeness (QED) is 0.781. The minimum Gasteiger partial charge on any atom is -0.483 e. The molecule has 5 nitrogen and oxygen atoms in total. The maximum atomic E-state index is 12.0. The van der Waals surface area contributed by atoms with E-state index >= 15 is 0 Å². The summed E-state index contributed by atoms with van der Waals surface area (Å²) in [6.45, 7) is 1.70. The Morgan fingerprint density at radius 3 is 2.75 bits per heavy atom. The third-order valence-electron chi connectivity index (χ3n) is 3.08. The lowest BCUT2D eigenvalue weighted by Gasteiger charge is -2.10. The highest BCUT2D eigenvalue weighted by Gasteiger charge is 2.06. The van der Waals surface area contributed by atoms with Crippen molar-refractivity contribution in [2.24, 2.45) is 0 Å². The predicted octanol–water partition coefficient (Wildman–Crippen LogP) is 3.76. The molecule has 2 aromatic rings. The van der Waals surface area contributed by atoms with Crippen molar-refractivity contribution in [1.82, 2.24) is 0 Å². The fourth-order valence-corrected chi connectivity index (χ4v) is 2.23. The predicted molar refractivity (Wildman–Crippen MR) is 93.4 cm³/mol. The van der Waals surface area contributed by atoms with E-state index in [0.717, 1.165) is 11.6 Å². The van der Waals surface area contributed by atoms with Crippen LogP contribution in [-0.4, -0.2) is 23.6 Å². The average molecular weight is 346 g/mol. The minimum atomic E-state index is -1.03. The van der Waals surface area contributed by atoms with Crippen LogP contribution in [0.15, 0.2) is 48.5 Å². The van der Waals surface area contributed by atoms with Crippen LogP contribution >= 0.6 is 11.6 Å². The van der Waals surface area contributed by atoms with Gasteiger partial charge in [-0.25, -0.2) is 4.79 Å². The summed E-state index contributed by atoms with van der Waals surface area (Å²) >= 11 is 5.87. The minimum absolute atomic E-state index is 0.141. The summed E-state index contributed by atoms with van der Waals surface area (Å²) < 4.78 is 5.47. The molecule has 0 atom stereocenters. The molecular weight excluding hydrogens is 330 g/mol. The number of anilines is 1. The van der Waals surface area contributed by atoms with Crippen molar-refractivity contribution in [1.29, 1.82) is 0 Å². The van der Waals surface area contributed by atoms with Gasteiger partial charge in [-0.2, -0.15) is 0 Å². The highest BCUT2D eigenvalue weighted by molar-refractivity contribution is 6.30. The van der Waals surface area contributed by atoms with Gasteiger partial charge in [-0.1, -0.05) is 23.7 Å². The van der Waals surface area contributed by atoms with E-state index in [0.29, 0.717) is 22.0 Å². The Bertz CT molecular complexity index is 786. The summed E-state index contributed by atoms with van der Waals surface area (Å²) in [5.41, 5.74) is 2.07. The number of rotatable bonds is 6. The van der Waals surface area contributed by atoms with Crippen molar-refractivity contribution in [3.63, 3.8) is 0 Å². The first-order valence-electron chi connectivity index (χ1n) is 7.14. The van der Waals surface area contributed by atoms with Gasteiger partial charge < -0.3 is 15.2 Å². The van der Waals surface area contributed by atoms with E-state index in [4.69, 9.17) is 21.4 Å². The zero-order valence-corrected chi connectivity index (χ0v) is 13.7. The molecule has 0 aliphatic heterocycles. The number of carbonyl (C=O) groups excluding carboxylic acids is 1. The second kappa shape index (κ2) is 8.17. The maximum Gasteiger partial charge on any atom is 0.328 e. The second-order valence-electron chi connectivity index (χ2n) is 5.04. The maximum absolute atomic E-state index is 12.0. The highest BCUT2D eigenvalue weighted by Crippen LogP contribution is 2.21. The molecule has 0 saturated carbocycles. The number of carboxylic acid groups (broad SMARTS) is 1. The third kappa shape index (κ3) is 5.44. The van der Waals surface area contributed by atoms with E-state index in [2.05, 4.69) is 5.32 Å². The van der Waals surface area contributed by atoms with Crippen LogP contribution in [0.1, 0.15) is 11.1 Å². The summed E-state index contributed by atoms with van der Waals surface area (Å²) in [6, 6.07) is 12.0. The number of nitrogens with one attached hydrogen (secondary N) is 1. The number of halogens is 1. The Hall–Kier alpha value is -2.79. The average Bonchev–Trinajstić information content (AvgIpc) is 2.52. The molecule has 0 radical (unpaired) electrons. The van der Waals surface area contributed by atoms with Crippen molar-refractivity contribution in [3.8, 4) is 5.75 Å². The number of carboxylic acids is 1. The first kappa shape index (κ1) is 17.6. The molecule has 0 spiro atoms. The van der Waals surface area contributed by atoms with Crippen molar-refractivity contribution in [2.45, 2.75) is 6.92 Å². The van der Waals surface area contributed by atoms with Crippen LogP contribution in [0.5, 0.6) is 5.75 Å². The molecule has 6 heteroatoms. The van der Waals surface area contributed by atoms with Gasteiger partial charge >= 0.3 is 5.97 Å². The Morgan fingerprint density at radius 2 is 2.04 bits per heavy atom. The van der Waals surface area contributed by atoms with E-state index in [1.807, 2.05) is 6.92 Å². The number of hydrogen-bond donors (Lipinski definition) is 2. The molecule has 0 unspecified atom stereocenters. The van der Waals surface area contributed by atoms with E-state index in [1.54, 1.807) is 42.5 Å². The van der Waals surface area contributed by atoms with Crippen LogP contribution in [0, 0.1) is 6.92 Å². The molecule has 2 aromatic carbocycles. The summed E-state index contributed by atoms with van der Waals surface area (Å²) in [5.74, 6) is -0.757. The zero-order valence-electron chi connectivity index (χ0n) is 13.0. The van der Waals surface area contributed by atoms with Gasteiger partial charge in [0.15, 0.2) is 6.61 Å². The second-order valence-corrected chi connectivity index (χ2v) is 5.48. The lowest BCUT2D eigenvalue weighted by atomic mass is 10.2. The normalized spacial score (nSPS) is 10.6. The molecule has 2 rings (SSSR count). The van der Waals surface area contributed by atoms with Gasteiger partial charge in [0.05, 0.1) is 0 Å². The standard InChI is InChI=1S/C18H16ClNO4/c1-12-9-14(19)6-7-16(12)24-11-17(21)20-15-4-2-3-13(10-15)5-8-18(22)23/h2-10H,11H2,1H3,(H,20,21)(H,22,23)/b8-5+. The lowest BCUT2D eigenvalue weighted by Crippen LogP contribution is -2.20. The molecule has 0 saturated heterocycles. The number of aryl methyl sites for hydroxylation is 1. The lowest BCUT2D eigenvalue weighted by molar-refractivity contribution is -0.131. The summed E-state index contributed by atoms with van der Waals surface area (Å²) in [4.78, 5) is 22.5. The number of aliphatic carboxylic acids is 1. The molecule has 0 aliphatic carbocycles. The van der Waals surface area contributed by atoms with E-state index in [-0.39, 0.29) is 12.5 Å². The van der Waals surface area contributed by atoms with Crippen LogP contribution in [0.4, 0.5) is 5.69 Å². The highest BCUT2D eigenvalue weighted by atomic mass is 35.5. The van der Waals surface area contributed by atoms with Crippen LogP contribution in [0.3, 0.4) is 0 Å². The van der Waals surface area contributed by atoms with Gasteiger partial charge in [-0.3, -0.25) is 4.79 Å². The molecule has 124 valence electrons. The van der Waals surface area contributed by atoms with E-state index in [1.165, 1.54) is 6.08 Å². The molecule has 0 aliphatic rings. The van der Waals surface area contributed by atoms with Crippen molar-refractivity contribution >= 4 is 35.2 Å². The molecule has 0 heterocycles. The van der Waals surface area contributed by atoms with Gasteiger partial charge in [-0.15, -0.1) is 0 Å². The fourth-order valence-electron chi connectivity index (χ4n) is 2.00. The smallest absolute Gasteiger partial charge is 0.328 e. The zero-order chi connectivity index (χ0) is 17.5. The van der Waals surface area contributed by atoms with Crippen molar-refractivity contribution in [2.75, 3.05) is 11.9 Å². The van der Waals surface area contributed by atoms with Gasteiger partial charge in [0.2, 0.25) is 0 Å². The molecule has 24 heavy (non-hydrogen) atoms. The Labute approximate surface area is 144 Å². The van der Waals surface area contributed by atoms with Gasteiger partial charge in [0.25, 0.3) is 5.91 Å². The molecule has 0 aromatic heterocycles. The van der Waals surface area contributed by atoms with E-state index < -0.39 is 5.97 Å². The third-order valence-corrected chi connectivity index (χ3v) is 3.32. The van der Waals surface area contributed by atoms with Crippen LogP contribution in [0.2, 0.25) is 5.02 Å². The van der Waals surface area contributed by atoms with Gasteiger partial charge in [-0.05, 0) is 54.5 Å². The van der Waals surface area contributed by atoms with Crippen LogP contribution in [0.25, 0.3) is 6.08 Å². The molecule has 2 N–H and O–H groups in total. The van der Waals surface area contributed by atoms with Crippen LogP contribution in [-0.2, 0) is 9.59 Å². The first-order valence-corrected chi connectivity index (χ1v) is 7.52. The Balaban J connectivity index is 1.94. The summed E-state index contributed by atoms with van der Waals surface area (Å²) in [6.07, 6.45) is 2.49. The first-order chi connectivity index (χ1) is 11.4. The van der Waals surface area contributed by atoms with Gasteiger partial charge in [0, 0.05) is 16.8 Å². The fraction of sp³-hybridized carbons (Fsp3) is 0.111. The summed E-state index contributed by atoms with van der Waals surface area (Å²) in [7, 11) is 0. The van der Waals surface area contributed by atoms with Crippen LogP contribution < -0.4 is 10.1 Å². The summed E-state index contributed by atoms with van der Waals surface area (Å²) in [5, 5.41) is 11.9. The molecule has 0 bridgehead atoms. The largest absolute Gasteiger partial charge is 0.483 e.